The number of nitrogens with zero attached hydrogens (tertiary/aromatic N) is 4. The second-order valence-electron chi connectivity index (χ2n) is 7.74. The van der Waals surface area contributed by atoms with Gasteiger partial charge in [0.1, 0.15) is 11.6 Å². The zero-order chi connectivity index (χ0) is 22.5. The molecule has 2 aromatic carbocycles. The summed E-state index contributed by atoms with van der Waals surface area (Å²) >= 11 is 0. The first-order valence-corrected chi connectivity index (χ1v) is 10.4. The van der Waals surface area contributed by atoms with Gasteiger partial charge in [0, 0.05) is 37.0 Å². The van der Waals surface area contributed by atoms with Crippen molar-refractivity contribution in [1.29, 1.82) is 0 Å². The number of benzene rings is 2. The second-order valence-corrected chi connectivity index (χ2v) is 7.74. The Morgan fingerprint density at radius 1 is 1.06 bits per heavy atom. The predicted molar refractivity (Wildman–Crippen MR) is 123 cm³/mol. The number of aromatic nitrogens is 3. The molecule has 8 heteroatoms. The molecule has 32 heavy (non-hydrogen) atoms. The fourth-order valence-corrected chi connectivity index (χ4v) is 3.32. The molecule has 0 fully saturated rings. The van der Waals surface area contributed by atoms with Crippen LogP contribution in [-0.2, 0) is 6.54 Å². The summed E-state index contributed by atoms with van der Waals surface area (Å²) in [4.78, 5) is 18.8. The molecule has 0 saturated heterocycles. The maximum absolute atomic E-state index is 13.1. The predicted octanol–water partition coefficient (Wildman–Crippen LogP) is 3.44. The second kappa shape index (κ2) is 9.57. The van der Waals surface area contributed by atoms with Crippen LogP contribution in [0.4, 0.5) is 10.2 Å². The molecule has 0 aliphatic rings. The van der Waals surface area contributed by atoms with Gasteiger partial charge in [-0.05, 0) is 55.6 Å². The summed E-state index contributed by atoms with van der Waals surface area (Å²) in [5, 5.41) is 10.7. The maximum Gasteiger partial charge on any atom is 0.251 e. The average Bonchev–Trinajstić information content (AvgIpc) is 3.23. The molecule has 0 aliphatic carbocycles. The van der Waals surface area contributed by atoms with E-state index in [0.29, 0.717) is 24.3 Å². The average molecular weight is 433 g/mol. The van der Waals surface area contributed by atoms with Crippen molar-refractivity contribution in [2.45, 2.75) is 6.54 Å². The van der Waals surface area contributed by atoms with E-state index >= 15 is 0 Å². The van der Waals surface area contributed by atoms with Crippen LogP contribution in [0.1, 0.15) is 15.9 Å². The van der Waals surface area contributed by atoms with Crippen LogP contribution in [0.5, 0.6) is 0 Å². The Balaban J connectivity index is 1.49. The Morgan fingerprint density at radius 2 is 1.81 bits per heavy atom. The molecule has 164 valence electrons. The Kier molecular flexibility index (Phi) is 6.42. The van der Waals surface area contributed by atoms with Crippen LogP contribution in [0.15, 0.2) is 67.0 Å². The normalized spacial score (nSPS) is 11.1. The van der Waals surface area contributed by atoms with E-state index in [4.69, 9.17) is 0 Å². The monoisotopic (exact) mass is 432 g/mol. The lowest BCUT2D eigenvalue weighted by atomic mass is 10.1. The van der Waals surface area contributed by atoms with E-state index in [9.17, 15) is 9.18 Å². The topological polar surface area (TPSA) is 74.6 Å². The molecule has 7 nitrogen and oxygen atoms in total. The minimum Gasteiger partial charge on any atom is -0.366 e. The molecule has 0 atom stereocenters. The van der Waals surface area contributed by atoms with Crippen molar-refractivity contribution in [2.75, 3.05) is 32.5 Å². The quantitative estimate of drug-likeness (QED) is 0.446. The molecule has 4 rings (SSSR count). The highest BCUT2D eigenvalue weighted by Crippen LogP contribution is 2.25. The highest BCUT2D eigenvalue weighted by atomic mass is 19.1. The van der Waals surface area contributed by atoms with Crippen LogP contribution in [-0.4, -0.2) is 52.6 Å². The highest BCUT2D eigenvalue weighted by molar-refractivity contribution is 5.95. The summed E-state index contributed by atoms with van der Waals surface area (Å²) in [6.45, 7) is 1.92. The number of hydrogen-bond acceptors (Lipinski definition) is 5. The van der Waals surface area contributed by atoms with Gasteiger partial charge < -0.3 is 15.5 Å². The lowest BCUT2D eigenvalue weighted by Crippen LogP contribution is -2.31. The highest BCUT2D eigenvalue weighted by Gasteiger charge is 2.12. The van der Waals surface area contributed by atoms with Gasteiger partial charge in [0.2, 0.25) is 0 Å². The van der Waals surface area contributed by atoms with E-state index in [1.807, 2.05) is 37.2 Å². The van der Waals surface area contributed by atoms with Gasteiger partial charge in [-0.2, -0.15) is 9.61 Å². The van der Waals surface area contributed by atoms with Crippen molar-refractivity contribution >= 4 is 17.4 Å². The number of halogens is 1. The summed E-state index contributed by atoms with van der Waals surface area (Å²) in [6.07, 6.45) is 3.48. The summed E-state index contributed by atoms with van der Waals surface area (Å²) in [5.74, 6) is 0.431. The number of likely N-dealkylation sites (N-methyl/N-ethyl adjacent to an activating group) is 1. The van der Waals surface area contributed by atoms with E-state index in [1.54, 1.807) is 41.2 Å². The Morgan fingerprint density at radius 3 is 2.53 bits per heavy atom. The lowest BCUT2D eigenvalue weighted by molar-refractivity contribution is 0.0951. The first-order chi connectivity index (χ1) is 15.5. The number of carbonyl (C=O) groups excluding carboxylic acids is 1. The van der Waals surface area contributed by atoms with Crippen LogP contribution in [0, 0.1) is 5.82 Å². The van der Waals surface area contributed by atoms with Crippen molar-refractivity contribution in [2.24, 2.45) is 0 Å². The maximum atomic E-state index is 13.1. The molecule has 1 amide bonds. The minimum atomic E-state index is -0.256. The first-order valence-electron chi connectivity index (χ1n) is 10.4. The van der Waals surface area contributed by atoms with Gasteiger partial charge in [-0.1, -0.05) is 24.3 Å². The van der Waals surface area contributed by atoms with Crippen molar-refractivity contribution in [3.05, 3.63) is 83.9 Å². The molecule has 2 aromatic heterocycles. The van der Waals surface area contributed by atoms with Gasteiger partial charge in [-0.3, -0.25) is 4.79 Å². The Hall–Kier alpha value is -3.78. The van der Waals surface area contributed by atoms with E-state index in [-0.39, 0.29) is 11.7 Å². The van der Waals surface area contributed by atoms with E-state index in [0.717, 1.165) is 29.1 Å². The van der Waals surface area contributed by atoms with Gasteiger partial charge >= 0.3 is 0 Å². The number of carbonyl (C=O) groups is 1. The summed E-state index contributed by atoms with van der Waals surface area (Å²) < 4.78 is 14.8. The van der Waals surface area contributed by atoms with Crippen LogP contribution in [0.3, 0.4) is 0 Å². The molecule has 0 bridgehead atoms. The summed E-state index contributed by atoms with van der Waals surface area (Å²) in [5.41, 5.74) is 4.07. The molecule has 4 aromatic rings. The SMILES string of the molecule is CN(C)CCNC(=O)c1ccc(-c2cnn3c(NCc4ccc(F)cc4)ccnc23)cc1. The molecule has 2 heterocycles. The molecule has 0 spiro atoms. The third-order valence-electron chi connectivity index (χ3n) is 5.09. The Bertz CT molecular complexity index is 1200. The Labute approximate surface area is 185 Å². The molecule has 0 saturated carbocycles. The number of nitrogens with one attached hydrogen (secondary N) is 2. The fraction of sp³-hybridized carbons (Fsp3) is 0.208. The fourth-order valence-electron chi connectivity index (χ4n) is 3.32. The van der Waals surface area contributed by atoms with E-state index in [1.165, 1.54) is 12.1 Å². The molecular formula is C24H25FN6O. The van der Waals surface area contributed by atoms with Crippen LogP contribution < -0.4 is 10.6 Å². The van der Waals surface area contributed by atoms with Crippen LogP contribution >= 0.6 is 0 Å². The zero-order valence-corrected chi connectivity index (χ0v) is 18.0. The van der Waals surface area contributed by atoms with Gasteiger partial charge in [-0.25, -0.2) is 9.37 Å². The van der Waals surface area contributed by atoms with Crippen molar-refractivity contribution in [1.82, 2.24) is 24.8 Å². The third-order valence-corrected chi connectivity index (χ3v) is 5.09. The number of rotatable bonds is 8. The standard InChI is InChI=1S/C24H25FN6O/c1-30(2)14-13-27-24(32)19-7-5-18(6-8-19)21-16-29-31-22(11-12-26-23(21)31)28-15-17-3-9-20(25)10-4-17/h3-12,16,28H,13-15H2,1-2H3,(H,27,32). The first kappa shape index (κ1) is 21.5. The number of anilines is 1. The largest absolute Gasteiger partial charge is 0.366 e. The van der Waals surface area contributed by atoms with E-state index < -0.39 is 0 Å². The van der Waals surface area contributed by atoms with Gasteiger partial charge in [0.05, 0.1) is 6.20 Å². The number of fused-ring (bicyclic) bond motifs is 1. The van der Waals surface area contributed by atoms with Crippen molar-refractivity contribution < 1.29 is 9.18 Å². The molecule has 0 aliphatic heterocycles. The van der Waals surface area contributed by atoms with Gasteiger partial charge in [0.15, 0.2) is 5.65 Å². The molecule has 0 radical (unpaired) electrons. The minimum absolute atomic E-state index is 0.0938. The molecule has 2 N–H and O–H groups in total. The zero-order valence-electron chi connectivity index (χ0n) is 18.0. The number of amides is 1. The summed E-state index contributed by atoms with van der Waals surface area (Å²) in [7, 11) is 3.93. The third kappa shape index (κ3) is 4.92. The van der Waals surface area contributed by atoms with Gasteiger partial charge in [-0.15, -0.1) is 0 Å². The van der Waals surface area contributed by atoms with Crippen LogP contribution in [0.2, 0.25) is 0 Å². The molecule has 0 unspecified atom stereocenters. The summed E-state index contributed by atoms with van der Waals surface area (Å²) in [6, 6.07) is 15.6. The molecular weight excluding hydrogens is 407 g/mol. The van der Waals surface area contributed by atoms with E-state index in [2.05, 4.69) is 20.7 Å². The van der Waals surface area contributed by atoms with Crippen molar-refractivity contribution in [3.8, 4) is 11.1 Å². The van der Waals surface area contributed by atoms with Crippen LogP contribution in [0.25, 0.3) is 16.8 Å². The smallest absolute Gasteiger partial charge is 0.251 e. The number of hydrogen-bond donors (Lipinski definition) is 2. The van der Waals surface area contributed by atoms with Gasteiger partial charge in [0.25, 0.3) is 5.91 Å². The lowest BCUT2D eigenvalue weighted by Gasteiger charge is -2.10. The van der Waals surface area contributed by atoms with Crippen molar-refractivity contribution in [3.63, 3.8) is 0 Å².